The van der Waals surface area contributed by atoms with Crippen LogP contribution in [0.5, 0.6) is 0 Å². The minimum atomic E-state index is -0.855. The highest BCUT2D eigenvalue weighted by Crippen LogP contribution is 2.49. The lowest BCUT2D eigenvalue weighted by Gasteiger charge is -2.23. The first-order valence-corrected chi connectivity index (χ1v) is 8.32. The van der Waals surface area contributed by atoms with Crippen LogP contribution in [0.4, 0.5) is 0 Å². The van der Waals surface area contributed by atoms with Crippen LogP contribution in [0.25, 0.3) is 11.1 Å². The van der Waals surface area contributed by atoms with Crippen LogP contribution in [0.3, 0.4) is 0 Å². The predicted molar refractivity (Wildman–Crippen MR) is 87.3 cm³/mol. The fourth-order valence-electron chi connectivity index (χ4n) is 4.40. The monoisotopic (exact) mass is 345 g/mol. The zero-order chi connectivity index (χ0) is 17.9. The molecule has 2 atom stereocenters. The van der Waals surface area contributed by atoms with E-state index in [0.717, 1.165) is 12.8 Å². The highest BCUT2D eigenvalue weighted by atomic mass is 16.4. The van der Waals surface area contributed by atoms with E-state index in [2.05, 4.69) is 4.98 Å². The van der Waals surface area contributed by atoms with Crippen LogP contribution in [0.15, 0.2) is 15.5 Å². The van der Waals surface area contributed by atoms with Gasteiger partial charge in [0.15, 0.2) is 0 Å². The third-order valence-electron chi connectivity index (χ3n) is 5.75. The van der Waals surface area contributed by atoms with E-state index in [1.54, 1.807) is 18.9 Å². The maximum Gasteiger partial charge on any atom is 0.311 e. The van der Waals surface area contributed by atoms with E-state index in [1.165, 1.54) is 10.9 Å². The fourth-order valence-corrected chi connectivity index (χ4v) is 4.40. The molecule has 4 rings (SSSR count). The molecule has 3 heterocycles. The van der Waals surface area contributed by atoms with E-state index in [-0.39, 0.29) is 40.6 Å². The van der Waals surface area contributed by atoms with Crippen LogP contribution in [-0.2, 0) is 11.8 Å². The van der Waals surface area contributed by atoms with Gasteiger partial charge in [0.2, 0.25) is 5.71 Å². The number of aromatic nitrogens is 2. The van der Waals surface area contributed by atoms with E-state index >= 15 is 0 Å². The summed E-state index contributed by atoms with van der Waals surface area (Å²) in [5, 5.41) is 9.85. The Labute approximate surface area is 143 Å². The summed E-state index contributed by atoms with van der Waals surface area (Å²) in [5.41, 5.74) is -0.871. The second kappa shape index (κ2) is 5.18. The molecular weight excluding hydrogens is 326 g/mol. The van der Waals surface area contributed by atoms with Crippen molar-refractivity contribution in [3.8, 4) is 0 Å². The van der Waals surface area contributed by atoms with E-state index in [4.69, 9.17) is 4.42 Å². The molecule has 0 unspecified atom stereocenters. The van der Waals surface area contributed by atoms with Crippen LogP contribution in [-0.4, -0.2) is 44.5 Å². The van der Waals surface area contributed by atoms with Gasteiger partial charge in [-0.1, -0.05) is 6.42 Å². The molecule has 0 spiro atoms. The summed E-state index contributed by atoms with van der Waals surface area (Å²) in [6.07, 6.45) is 3.62. The number of carbonyl (C=O) groups is 2. The highest BCUT2D eigenvalue weighted by Gasteiger charge is 2.56. The summed E-state index contributed by atoms with van der Waals surface area (Å²) in [6, 6.07) is 0. The molecule has 1 aliphatic carbocycles. The number of carboxylic acid groups (broad SMARTS) is 1. The van der Waals surface area contributed by atoms with Gasteiger partial charge in [-0.15, -0.1) is 0 Å². The summed E-state index contributed by atoms with van der Waals surface area (Å²) >= 11 is 0. The number of rotatable bonds is 2. The second-order valence-electron chi connectivity index (χ2n) is 7.11. The number of fused-ring (bicyclic) bond motifs is 2. The summed E-state index contributed by atoms with van der Waals surface area (Å²) < 4.78 is 6.79. The lowest BCUT2D eigenvalue weighted by atomic mass is 9.81. The second-order valence-corrected chi connectivity index (χ2v) is 7.11. The molecular formula is C17H19N3O5. The Balaban J connectivity index is 1.77. The van der Waals surface area contributed by atoms with Gasteiger partial charge in [-0.2, -0.15) is 0 Å². The molecule has 25 heavy (non-hydrogen) atoms. The number of furan rings is 1. The van der Waals surface area contributed by atoms with Crippen molar-refractivity contribution >= 4 is 23.0 Å². The van der Waals surface area contributed by atoms with Crippen molar-refractivity contribution in [2.75, 3.05) is 13.1 Å². The molecule has 1 saturated carbocycles. The molecule has 0 radical (unpaired) electrons. The number of hydrogen-bond acceptors (Lipinski definition) is 5. The number of hydrogen-bond donors (Lipinski definition) is 1. The first kappa shape index (κ1) is 15.9. The minimum absolute atomic E-state index is 0.0339. The maximum absolute atomic E-state index is 13.1. The van der Waals surface area contributed by atoms with Gasteiger partial charge < -0.3 is 19.0 Å². The van der Waals surface area contributed by atoms with Gasteiger partial charge >= 0.3 is 5.97 Å². The SMILES string of the molecule is Cc1oc2ncn(C)c(=O)c2c1C(=O)N1C[C@@H]2CCC[C@@]2(C(=O)O)C1. The number of aryl methyl sites for hydroxylation is 2. The summed E-state index contributed by atoms with van der Waals surface area (Å²) in [7, 11) is 1.56. The standard InChI is InChI=1S/C17H19N3O5/c1-9-11(12-13(25-9)18-8-19(2)14(12)21)15(22)20-6-10-4-3-5-17(10,7-20)16(23)24/h8,10H,3-7H2,1-2H3,(H,23,24)/t10-,17+/m0/s1. The van der Waals surface area contributed by atoms with Crippen LogP contribution >= 0.6 is 0 Å². The Morgan fingerprint density at radius 2 is 2.20 bits per heavy atom. The molecule has 2 fully saturated rings. The molecule has 1 aliphatic heterocycles. The number of carbonyl (C=O) groups excluding carboxylic acids is 1. The van der Waals surface area contributed by atoms with Crippen LogP contribution < -0.4 is 5.56 Å². The molecule has 8 nitrogen and oxygen atoms in total. The molecule has 2 aliphatic rings. The topological polar surface area (TPSA) is 106 Å². The van der Waals surface area contributed by atoms with Crippen LogP contribution in [0.1, 0.15) is 35.4 Å². The first-order valence-electron chi connectivity index (χ1n) is 8.32. The van der Waals surface area contributed by atoms with Crippen molar-refractivity contribution in [1.82, 2.24) is 14.5 Å². The average Bonchev–Trinajstić information content (AvgIpc) is 3.20. The lowest BCUT2D eigenvalue weighted by Crippen LogP contribution is -2.37. The van der Waals surface area contributed by atoms with E-state index in [1.807, 2.05) is 0 Å². The zero-order valence-corrected chi connectivity index (χ0v) is 14.1. The van der Waals surface area contributed by atoms with E-state index in [0.29, 0.717) is 18.7 Å². The van der Waals surface area contributed by atoms with Crippen molar-refractivity contribution in [3.05, 3.63) is 28.0 Å². The summed E-state index contributed by atoms with van der Waals surface area (Å²) in [4.78, 5) is 43.0. The smallest absolute Gasteiger partial charge is 0.311 e. The Bertz CT molecular complexity index is 959. The van der Waals surface area contributed by atoms with Gasteiger partial charge in [0, 0.05) is 20.1 Å². The van der Waals surface area contributed by atoms with Crippen molar-refractivity contribution < 1.29 is 19.1 Å². The number of amides is 1. The van der Waals surface area contributed by atoms with Gasteiger partial charge in [-0.25, -0.2) is 4.98 Å². The third kappa shape index (κ3) is 2.06. The quantitative estimate of drug-likeness (QED) is 0.875. The van der Waals surface area contributed by atoms with Gasteiger partial charge in [0.1, 0.15) is 17.5 Å². The Morgan fingerprint density at radius 1 is 1.44 bits per heavy atom. The van der Waals surface area contributed by atoms with E-state index < -0.39 is 11.4 Å². The van der Waals surface area contributed by atoms with Crippen molar-refractivity contribution in [2.24, 2.45) is 18.4 Å². The summed E-state index contributed by atoms with van der Waals surface area (Å²) in [6.45, 7) is 2.20. The fraction of sp³-hybridized carbons (Fsp3) is 0.529. The largest absolute Gasteiger partial charge is 0.481 e. The van der Waals surface area contributed by atoms with Crippen molar-refractivity contribution in [3.63, 3.8) is 0 Å². The van der Waals surface area contributed by atoms with E-state index in [9.17, 15) is 19.5 Å². The van der Waals surface area contributed by atoms with Gasteiger partial charge in [0.05, 0.1) is 11.0 Å². The van der Waals surface area contributed by atoms with Gasteiger partial charge in [0.25, 0.3) is 11.5 Å². The third-order valence-corrected chi connectivity index (χ3v) is 5.75. The maximum atomic E-state index is 13.1. The first-order chi connectivity index (χ1) is 11.8. The Morgan fingerprint density at radius 3 is 2.88 bits per heavy atom. The number of carboxylic acids is 1. The van der Waals surface area contributed by atoms with Crippen molar-refractivity contribution in [1.29, 1.82) is 0 Å². The summed E-state index contributed by atoms with van der Waals surface area (Å²) in [5.74, 6) is -0.890. The average molecular weight is 345 g/mol. The zero-order valence-electron chi connectivity index (χ0n) is 14.1. The molecule has 0 aromatic carbocycles. The minimum Gasteiger partial charge on any atom is -0.481 e. The molecule has 1 amide bonds. The molecule has 1 saturated heterocycles. The molecule has 2 aromatic heterocycles. The molecule has 2 aromatic rings. The molecule has 1 N–H and O–H groups in total. The number of aliphatic carboxylic acids is 1. The molecule has 132 valence electrons. The normalized spacial score (nSPS) is 25.5. The number of nitrogens with zero attached hydrogens (tertiary/aromatic N) is 3. The van der Waals surface area contributed by atoms with Crippen LogP contribution in [0, 0.1) is 18.3 Å². The highest BCUT2D eigenvalue weighted by molar-refractivity contribution is 6.06. The number of likely N-dealkylation sites (tertiary alicyclic amines) is 1. The van der Waals surface area contributed by atoms with Gasteiger partial charge in [-0.3, -0.25) is 14.4 Å². The van der Waals surface area contributed by atoms with Gasteiger partial charge in [-0.05, 0) is 25.7 Å². The lowest BCUT2D eigenvalue weighted by molar-refractivity contribution is -0.149. The predicted octanol–water partition coefficient (Wildman–Crippen LogP) is 1.16. The molecule has 8 heteroatoms. The Hall–Kier alpha value is -2.64. The van der Waals surface area contributed by atoms with Crippen LogP contribution in [0.2, 0.25) is 0 Å². The van der Waals surface area contributed by atoms with Crippen molar-refractivity contribution in [2.45, 2.75) is 26.2 Å². The molecule has 0 bridgehead atoms. The Kier molecular flexibility index (Phi) is 3.28.